The van der Waals surface area contributed by atoms with Gasteiger partial charge >= 0.3 is 0 Å². The van der Waals surface area contributed by atoms with Crippen LogP contribution in [-0.2, 0) is 4.74 Å². The monoisotopic (exact) mass is 456 g/mol. The Morgan fingerprint density at radius 1 is 1.32 bits per heavy atom. The maximum atomic E-state index is 6.57. The molecule has 0 amide bonds. The summed E-state index contributed by atoms with van der Waals surface area (Å²) in [5.74, 6) is 0.566. The van der Waals surface area contributed by atoms with Crippen LogP contribution in [0.25, 0.3) is 0 Å². The second-order valence-corrected chi connectivity index (χ2v) is 8.92. The minimum Gasteiger partial charge on any atom is -0.366 e. The molecule has 0 saturated heterocycles. The van der Waals surface area contributed by atoms with Crippen LogP contribution in [0.2, 0.25) is 0 Å². The molecule has 2 aliphatic rings. The summed E-state index contributed by atoms with van der Waals surface area (Å²) in [5.41, 5.74) is 1.64. The van der Waals surface area contributed by atoms with Crippen molar-refractivity contribution in [1.82, 2.24) is 0 Å². The molecule has 0 spiro atoms. The minimum atomic E-state index is -0.00731. The molecule has 0 aromatic carbocycles. The topological polar surface area (TPSA) is 9.23 Å². The van der Waals surface area contributed by atoms with E-state index >= 15 is 0 Å². The lowest BCUT2D eigenvalue weighted by molar-refractivity contribution is -0.142. The predicted molar refractivity (Wildman–Crippen MR) is 92.8 cm³/mol. The average Bonchev–Trinajstić information content (AvgIpc) is 2.51. The van der Waals surface area contributed by atoms with Gasteiger partial charge in [0.1, 0.15) is 0 Å². The van der Waals surface area contributed by atoms with Crippen molar-refractivity contribution < 1.29 is 4.74 Å². The first-order valence-electron chi connectivity index (χ1n) is 6.98. The van der Waals surface area contributed by atoms with E-state index in [-0.39, 0.29) is 17.1 Å². The summed E-state index contributed by atoms with van der Waals surface area (Å²) >= 11 is 11.1. The van der Waals surface area contributed by atoms with Crippen LogP contribution in [0.5, 0.6) is 0 Å². The van der Waals surface area contributed by atoms with E-state index in [1.807, 2.05) is 0 Å². The molecule has 0 N–H and O–H groups in total. The number of rotatable bonds is 2. The van der Waals surface area contributed by atoms with E-state index in [4.69, 9.17) is 4.74 Å². The first kappa shape index (κ1) is 16.5. The highest BCUT2D eigenvalue weighted by Crippen LogP contribution is 2.54. The van der Waals surface area contributed by atoms with E-state index in [0.29, 0.717) is 10.7 Å². The van der Waals surface area contributed by atoms with Crippen LogP contribution in [0, 0.1) is 11.3 Å². The molecule has 0 unspecified atom stereocenters. The van der Waals surface area contributed by atoms with Crippen molar-refractivity contribution in [3.8, 4) is 0 Å². The Labute approximate surface area is 142 Å². The Bertz CT molecular complexity index is 366. The van der Waals surface area contributed by atoms with Crippen molar-refractivity contribution in [3.63, 3.8) is 0 Å². The third-order valence-electron chi connectivity index (χ3n) is 5.07. The fourth-order valence-corrected chi connectivity index (χ4v) is 5.42. The van der Waals surface area contributed by atoms with Gasteiger partial charge in [-0.3, -0.25) is 0 Å². The highest BCUT2D eigenvalue weighted by molar-refractivity contribution is 9.09. The Hall–Kier alpha value is 1.14. The summed E-state index contributed by atoms with van der Waals surface area (Å²) in [7, 11) is 0. The van der Waals surface area contributed by atoms with Crippen LogP contribution in [0.3, 0.4) is 0 Å². The van der Waals surface area contributed by atoms with E-state index in [0.717, 1.165) is 23.5 Å². The smallest absolute Gasteiger partial charge is 0.0897 e. The van der Waals surface area contributed by atoms with Gasteiger partial charge in [-0.15, -0.1) is 0 Å². The lowest BCUT2D eigenvalue weighted by atomic mass is 9.60. The maximum Gasteiger partial charge on any atom is 0.0897 e. The SMILES string of the molecule is CC1(C)[C@@H](Br)CC[C@]2(C)O[C@@H](CBr)C(CBr)=CC[C@@H]12. The molecule has 0 bridgehead atoms. The van der Waals surface area contributed by atoms with Crippen LogP contribution in [0.1, 0.15) is 40.0 Å². The Kier molecular flexibility index (Phi) is 5.30. The van der Waals surface area contributed by atoms with Crippen molar-refractivity contribution in [3.05, 3.63) is 11.6 Å². The fourth-order valence-electron chi connectivity index (χ4n) is 3.73. The molecule has 1 aliphatic carbocycles. The second-order valence-electron chi connectivity index (χ2n) is 6.60. The highest BCUT2D eigenvalue weighted by atomic mass is 79.9. The lowest BCUT2D eigenvalue weighted by Gasteiger charge is -2.52. The molecule has 4 atom stereocenters. The van der Waals surface area contributed by atoms with Gasteiger partial charge in [0, 0.05) is 15.5 Å². The first-order chi connectivity index (χ1) is 8.85. The van der Waals surface area contributed by atoms with Gasteiger partial charge in [-0.25, -0.2) is 0 Å². The van der Waals surface area contributed by atoms with Crippen LogP contribution >= 0.6 is 47.8 Å². The Morgan fingerprint density at radius 3 is 2.58 bits per heavy atom. The van der Waals surface area contributed by atoms with Crippen molar-refractivity contribution >= 4 is 47.8 Å². The van der Waals surface area contributed by atoms with E-state index < -0.39 is 0 Å². The molecular weight excluding hydrogens is 436 g/mol. The summed E-state index contributed by atoms with van der Waals surface area (Å²) < 4.78 is 6.57. The van der Waals surface area contributed by atoms with E-state index in [1.165, 1.54) is 12.0 Å². The number of halogens is 3. The molecule has 0 aromatic heterocycles. The zero-order chi connectivity index (χ0) is 14.3. The van der Waals surface area contributed by atoms with E-state index in [2.05, 4.69) is 74.6 Å². The quantitative estimate of drug-likeness (QED) is 0.395. The molecule has 1 nitrogen and oxygen atoms in total. The fraction of sp³-hybridized carbons (Fsp3) is 0.867. The van der Waals surface area contributed by atoms with Crippen LogP contribution in [0.4, 0.5) is 0 Å². The molecule has 1 aliphatic heterocycles. The van der Waals surface area contributed by atoms with Gasteiger partial charge in [0.15, 0.2) is 0 Å². The number of hydrogen-bond donors (Lipinski definition) is 0. The van der Waals surface area contributed by atoms with E-state index in [9.17, 15) is 0 Å². The summed E-state index contributed by atoms with van der Waals surface area (Å²) in [6, 6.07) is 0. The number of hydrogen-bond acceptors (Lipinski definition) is 1. The molecule has 1 fully saturated rings. The largest absolute Gasteiger partial charge is 0.366 e. The Balaban J connectivity index is 2.34. The van der Waals surface area contributed by atoms with Gasteiger partial charge < -0.3 is 4.74 Å². The van der Waals surface area contributed by atoms with E-state index in [1.54, 1.807) is 0 Å². The predicted octanol–water partition coefficient (Wildman–Crippen LogP) is 5.45. The third kappa shape index (κ3) is 3.02. The second kappa shape index (κ2) is 6.10. The minimum absolute atomic E-state index is 0.00731. The summed E-state index contributed by atoms with van der Waals surface area (Å²) in [5, 5.41) is 1.79. The van der Waals surface area contributed by atoms with Gasteiger partial charge in [0.2, 0.25) is 0 Å². The Morgan fingerprint density at radius 2 is 2.00 bits per heavy atom. The molecule has 110 valence electrons. The average molecular weight is 459 g/mol. The summed E-state index contributed by atoms with van der Waals surface area (Å²) in [6.45, 7) is 7.08. The van der Waals surface area contributed by atoms with Gasteiger partial charge in [0.05, 0.1) is 11.7 Å². The van der Waals surface area contributed by atoms with Crippen molar-refractivity contribution in [2.45, 2.75) is 56.6 Å². The van der Waals surface area contributed by atoms with Crippen molar-refractivity contribution in [1.29, 1.82) is 0 Å². The zero-order valence-corrected chi connectivity index (χ0v) is 16.6. The van der Waals surface area contributed by atoms with Crippen LogP contribution in [-0.4, -0.2) is 27.2 Å². The molecule has 1 heterocycles. The van der Waals surface area contributed by atoms with Gasteiger partial charge in [-0.2, -0.15) is 0 Å². The lowest BCUT2D eigenvalue weighted by Crippen LogP contribution is -2.53. The number of allylic oxidation sites excluding steroid dienone is 1. The number of alkyl halides is 3. The third-order valence-corrected chi connectivity index (χ3v) is 7.95. The molecule has 0 radical (unpaired) electrons. The van der Waals surface area contributed by atoms with Crippen molar-refractivity contribution in [2.24, 2.45) is 11.3 Å². The first-order valence-corrected chi connectivity index (χ1v) is 10.1. The molecule has 2 rings (SSSR count). The highest BCUT2D eigenvalue weighted by Gasteiger charge is 2.52. The van der Waals surface area contributed by atoms with Gasteiger partial charge in [0.25, 0.3) is 0 Å². The maximum absolute atomic E-state index is 6.57. The van der Waals surface area contributed by atoms with Crippen LogP contribution in [0.15, 0.2) is 11.6 Å². The van der Waals surface area contributed by atoms with Crippen molar-refractivity contribution in [2.75, 3.05) is 10.7 Å². The normalized spacial score (nSPS) is 42.2. The number of ether oxygens (including phenoxy) is 1. The molecular formula is C15H23Br3O. The summed E-state index contributed by atoms with van der Waals surface area (Å²) in [4.78, 5) is 0.586. The molecule has 4 heteroatoms. The van der Waals surface area contributed by atoms with Crippen LogP contribution < -0.4 is 0 Å². The number of fused-ring (bicyclic) bond motifs is 1. The summed E-state index contributed by atoms with van der Waals surface area (Å²) in [6.07, 6.45) is 6.07. The standard InChI is InChI=1S/C15H23Br3O/c1-14(2)12-5-4-10(8-16)11(9-17)19-15(12,3)7-6-13(14)18/h4,11-13H,5-9H2,1-3H3/t11-,12-,13-,15-/m0/s1. The van der Waals surface area contributed by atoms with Gasteiger partial charge in [-0.1, -0.05) is 67.7 Å². The zero-order valence-electron chi connectivity index (χ0n) is 11.9. The van der Waals surface area contributed by atoms with Gasteiger partial charge in [-0.05, 0) is 43.1 Å². The molecule has 0 aromatic rings. The molecule has 19 heavy (non-hydrogen) atoms. The molecule has 1 saturated carbocycles.